The second-order valence-corrected chi connectivity index (χ2v) is 7.94. The number of amides is 1. The average molecular weight is 442 g/mol. The van der Waals surface area contributed by atoms with Gasteiger partial charge in [0, 0.05) is 31.2 Å². The fourth-order valence-electron chi connectivity index (χ4n) is 3.70. The molecule has 0 aliphatic carbocycles. The summed E-state index contributed by atoms with van der Waals surface area (Å²) in [6.45, 7) is 0.310. The normalized spacial score (nSPS) is 11.2. The van der Waals surface area contributed by atoms with Gasteiger partial charge < -0.3 is 14.6 Å². The number of hydrogen-bond acceptors (Lipinski definition) is 6. The second-order valence-electron chi connectivity index (χ2n) is 7.94. The number of anilines is 2. The van der Waals surface area contributed by atoms with Gasteiger partial charge >= 0.3 is 0 Å². The number of aromatic nitrogens is 4. The van der Waals surface area contributed by atoms with Crippen molar-refractivity contribution in [3.8, 4) is 0 Å². The summed E-state index contributed by atoms with van der Waals surface area (Å²) >= 11 is 0. The first kappa shape index (κ1) is 20.5. The zero-order chi connectivity index (χ0) is 22.9. The van der Waals surface area contributed by atoms with E-state index in [0.29, 0.717) is 23.5 Å². The Morgan fingerprint density at radius 1 is 1.09 bits per heavy atom. The van der Waals surface area contributed by atoms with Crippen molar-refractivity contribution in [1.82, 2.24) is 19.3 Å². The molecule has 0 unspecified atom stereocenters. The molecule has 3 heterocycles. The van der Waals surface area contributed by atoms with E-state index in [1.807, 2.05) is 61.5 Å². The highest BCUT2D eigenvalue weighted by molar-refractivity contribution is 6.01. The molecule has 3 aromatic heterocycles. The van der Waals surface area contributed by atoms with Crippen molar-refractivity contribution < 1.29 is 9.21 Å². The molecule has 9 heteroatoms. The van der Waals surface area contributed by atoms with Crippen LogP contribution in [0.4, 0.5) is 11.5 Å². The molecule has 0 aliphatic rings. The van der Waals surface area contributed by atoms with E-state index in [1.165, 1.54) is 10.9 Å². The van der Waals surface area contributed by atoms with Gasteiger partial charge in [0.1, 0.15) is 23.5 Å². The molecule has 33 heavy (non-hydrogen) atoms. The van der Waals surface area contributed by atoms with Crippen LogP contribution in [0.1, 0.15) is 5.56 Å². The van der Waals surface area contributed by atoms with E-state index >= 15 is 0 Å². The molecular weight excluding hydrogens is 420 g/mol. The quantitative estimate of drug-likeness (QED) is 0.434. The van der Waals surface area contributed by atoms with Gasteiger partial charge in [-0.1, -0.05) is 24.3 Å². The summed E-state index contributed by atoms with van der Waals surface area (Å²) in [5.74, 6) is 0.182. The number of furan rings is 1. The minimum absolute atomic E-state index is 0.137. The van der Waals surface area contributed by atoms with Gasteiger partial charge in [-0.05, 0) is 29.8 Å². The molecular formula is C24H22N6O3. The highest BCUT2D eigenvalue weighted by atomic mass is 16.3. The highest BCUT2D eigenvalue weighted by Crippen LogP contribution is 2.24. The van der Waals surface area contributed by atoms with Crippen LogP contribution in [-0.4, -0.2) is 39.3 Å². The van der Waals surface area contributed by atoms with E-state index < -0.39 is 5.56 Å². The molecule has 0 radical (unpaired) electrons. The summed E-state index contributed by atoms with van der Waals surface area (Å²) in [4.78, 5) is 31.9. The van der Waals surface area contributed by atoms with Gasteiger partial charge in [0.05, 0.1) is 19.1 Å². The topological polar surface area (TPSA) is 98.2 Å². The van der Waals surface area contributed by atoms with Crippen molar-refractivity contribution in [3.63, 3.8) is 0 Å². The maximum atomic E-state index is 12.8. The Balaban J connectivity index is 1.32. The first-order chi connectivity index (χ1) is 16.0. The molecule has 0 atom stereocenters. The number of para-hydroxylation sites is 1. The van der Waals surface area contributed by atoms with Crippen molar-refractivity contribution in [1.29, 1.82) is 0 Å². The van der Waals surface area contributed by atoms with Crippen molar-refractivity contribution in [3.05, 3.63) is 83.0 Å². The Labute approximate surface area is 188 Å². The van der Waals surface area contributed by atoms with E-state index in [1.54, 1.807) is 23.0 Å². The maximum Gasteiger partial charge on any atom is 0.297 e. The van der Waals surface area contributed by atoms with Crippen LogP contribution in [-0.2, 0) is 17.9 Å². The average Bonchev–Trinajstić information content (AvgIpc) is 3.40. The molecule has 0 fully saturated rings. The van der Waals surface area contributed by atoms with Gasteiger partial charge in [0.15, 0.2) is 0 Å². The Bertz CT molecular complexity index is 1510. The third-order valence-electron chi connectivity index (χ3n) is 5.43. The predicted octanol–water partition coefficient (Wildman–Crippen LogP) is 3.09. The number of hydrogen-bond donors (Lipinski definition) is 1. The molecule has 1 N–H and O–H groups in total. The molecule has 0 saturated heterocycles. The van der Waals surface area contributed by atoms with Crippen LogP contribution in [0.25, 0.3) is 22.1 Å². The predicted molar refractivity (Wildman–Crippen MR) is 127 cm³/mol. The minimum Gasteiger partial charge on any atom is -0.448 e. The summed E-state index contributed by atoms with van der Waals surface area (Å²) in [5, 5.41) is 7.90. The lowest BCUT2D eigenvalue weighted by Crippen LogP contribution is -2.28. The maximum absolute atomic E-state index is 12.8. The molecule has 0 saturated carbocycles. The standard InChI is InChI=1S/C24H22N6O3/c1-28(2)17-9-7-16(8-10-17)13-30-20(11-12-26-30)27-21(31)14-29-15-25-22-18-5-3-4-6-19(18)33-23(22)24(29)32/h3-12,15H,13-14H2,1-2H3,(H,27,31). The van der Waals surface area contributed by atoms with Gasteiger partial charge in [-0.3, -0.25) is 14.2 Å². The van der Waals surface area contributed by atoms with E-state index in [0.717, 1.165) is 16.6 Å². The van der Waals surface area contributed by atoms with Crippen molar-refractivity contribution >= 4 is 39.5 Å². The van der Waals surface area contributed by atoms with Crippen LogP contribution in [0.2, 0.25) is 0 Å². The Morgan fingerprint density at radius 3 is 2.67 bits per heavy atom. The lowest BCUT2D eigenvalue weighted by Gasteiger charge is -2.13. The summed E-state index contributed by atoms with van der Waals surface area (Å²) in [6.07, 6.45) is 2.99. The Hall–Kier alpha value is -4.40. The van der Waals surface area contributed by atoms with Crippen LogP contribution in [0.15, 0.2) is 76.3 Å². The van der Waals surface area contributed by atoms with E-state index in [2.05, 4.69) is 15.4 Å². The van der Waals surface area contributed by atoms with Crippen molar-refractivity contribution in [2.24, 2.45) is 0 Å². The SMILES string of the molecule is CN(C)c1ccc(Cn2nccc2NC(=O)Cn2cnc3c(oc4ccccc43)c2=O)cc1. The molecule has 0 spiro atoms. The second kappa shape index (κ2) is 8.27. The summed E-state index contributed by atoms with van der Waals surface area (Å²) in [6, 6.07) is 17.1. The highest BCUT2D eigenvalue weighted by Gasteiger charge is 2.15. The van der Waals surface area contributed by atoms with Gasteiger partial charge in [-0.25, -0.2) is 9.67 Å². The summed E-state index contributed by atoms with van der Waals surface area (Å²) in [5.41, 5.74) is 2.97. The Morgan fingerprint density at radius 2 is 1.88 bits per heavy atom. The minimum atomic E-state index is -0.402. The Kier molecular flexibility index (Phi) is 5.14. The van der Waals surface area contributed by atoms with E-state index in [4.69, 9.17) is 4.42 Å². The van der Waals surface area contributed by atoms with Crippen LogP contribution < -0.4 is 15.8 Å². The number of carbonyl (C=O) groups is 1. The number of rotatable bonds is 6. The number of nitrogens with one attached hydrogen (secondary N) is 1. The first-order valence-electron chi connectivity index (χ1n) is 10.4. The molecule has 2 aromatic carbocycles. The molecule has 1 amide bonds. The molecule has 9 nitrogen and oxygen atoms in total. The fraction of sp³-hybridized carbons (Fsp3) is 0.167. The van der Waals surface area contributed by atoms with Crippen molar-refractivity contribution in [2.75, 3.05) is 24.3 Å². The van der Waals surface area contributed by atoms with Gasteiger partial charge in [0.2, 0.25) is 11.5 Å². The summed E-state index contributed by atoms with van der Waals surface area (Å²) in [7, 11) is 3.98. The zero-order valence-electron chi connectivity index (χ0n) is 18.2. The van der Waals surface area contributed by atoms with Gasteiger partial charge in [0.25, 0.3) is 5.56 Å². The monoisotopic (exact) mass is 442 g/mol. The van der Waals surface area contributed by atoms with Gasteiger partial charge in [-0.15, -0.1) is 0 Å². The molecule has 0 aliphatic heterocycles. The summed E-state index contributed by atoms with van der Waals surface area (Å²) < 4.78 is 8.61. The van der Waals surface area contributed by atoms with Crippen LogP contribution in [0.5, 0.6) is 0 Å². The van der Waals surface area contributed by atoms with Crippen molar-refractivity contribution in [2.45, 2.75) is 13.1 Å². The molecule has 5 aromatic rings. The number of nitrogens with zero attached hydrogens (tertiary/aromatic N) is 5. The lowest BCUT2D eigenvalue weighted by molar-refractivity contribution is -0.116. The zero-order valence-corrected chi connectivity index (χ0v) is 18.2. The first-order valence-corrected chi connectivity index (χ1v) is 10.4. The largest absolute Gasteiger partial charge is 0.448 e. The number of benzene rings is 2. The lowest BCUT2D eigenvalue weighted by atomic mass is 10.2. The third-order valence-corrected chi connectivity index (χ3v) is 5.43. The molecule has 5 rings (SSSR count). The van der Waals surface area contributed by atoms with Crippen LogP contribution >= 0.6 is 0 Å². The third kappa shape index (κ3) is 3.96. The van der Waals surface area contributed by atoms with Crippen LogP contribution in [0, 0.1) is 0 Å². The number of fused-ring (bicyclic) bond motifs is 3. The van der Waals surface area contributed by atoms with E-state index in [9.17, 15) is 9.59 Å². The van der Waals surface area contributed by atoms with Gasteiger partial charge in [-0.2, -0.15) is 5.10 Å². The van der Waals surface area contributed by atoms with Crippen LogP contribution in [0.3, 0.4) is 0 Å². The van der Waals surface area contributed by atoms with E-state index in [-0.39, 0.29) is 18.0 Å². The smallest absolute Gasteiger partial charge is 0.297 e. The molecule has 166 valence electrons. The number of carbonyl (C=O) groups excluding carboxylic acids is 1. The molecule has 0 bridgehead atoms. The fourth-order valence-corrected chi connectivity index (χ4v) is 3.70.